The van der Waals surface area contributed by atoms with Crippen LogP contribution in [0.3, 0.4) is 0 Å². The fourth-order valence-corrected chi connectivity index (χ4v) is 7.37. The highest BCUT2D eigenvalue weighted by atomic mass is 19.4. The summed E-state index contributed by atoms with van der Waals surface area (Å²) in [4.78, 5) is 56.8. The molecule has 12 nitrogen and oxygen atoms in total. The minimum atomic E-state index is -5.04. The number of alkyl halides is 6. The van der Waals surface area contributed by atoms with Gasteiger partial charge in [-0.1, -0.05) is 60.7 Å². The minimum Gasteiger partial charge on any atom is -0.413 e. The van der Waals surface area contributed by atoms with Crippen molar-refractivity contribution in [3.05, 3.63) is 131 Å². The van der Waals surface area contributed by atoms with Crippen LogP contribution < -0.4 is 15.1 Å². The predicted octanol–water partition coefficient (Wildman–Crippen LogP) is 10.1. The third-order valence-corrected chi connectivity index (χ3v) is 10.8. The number of hydrogen-bond acceptors (Lipinski definition) is 7. The number of nitrogens with zero attached hydrogens (tertiary/aromatic N) is 6. The number of carbonyl (C=O) groups is 4. The van der Waals surface area contributed by atoms with Gasteiger partial charge >= 0.3 is 36.2 Å². The van der Waals surface area contributed by atoms with E-state index in [1.54, 1.807) is 51.5 Å². The number of aryl methyl sites for hydroxylation is 2. The Morgan fingerprint density at radius 2 is 1.09 bits per heavy atom. The number of piperidine rings is 2. The van der Waals surface area contributed by atoms with Gasteiger partial charge in [-0.25, -0.2) is 9.59 Å². The fraction of sp³-hybridized carbons (Fsp3) is 0.362. The lowest BCUT2D eigenvalue weighted by Crippen LogP contribution is -2.45. The number of hydrogen-bond donors (Lipinski definition) is 1. The summed E-state index contributed by atoms with van der Waals surface area (Å²) in [6.45, 7) is 6.66. The molecule has 0 aliphatic carbocycles. The highest BCUT2D eigenvalue weighted by Gasteiger charge is 2.39. The Morgan fingerprint density at radius 1 is 0.631 bits per heavy atom. The van der Waals surface area contributed by atoms with Crippen LogP contribution in [0.1, 0.15) is 77.0 Å². The first-order valence-electron chi connectivity index (χ1n) is 21.2. The van der Waals surface area contributed by atoms with Crippen LogP contribution in [-0.4, -0.2) is 82.6 Å². The van der Waals surface area contributed by atoms with E-state index in [0.717, 1.165) is 85.2 Å². The number of rotatable bonds is 10. The van der Waals surface area contributed by atoms with Gasteiger partial charge in [0, 0.05) is 48.7 Å². The van der Waals surface area contributed by atoms with Gasteiger partial charge in [-0.2, -0.15) is 26.3 Å². The van der Waals surface area contributed by atoms with Crippen LogP contribution >= 0.6 is 0 Å². The number of Topliss-reactive ketones (excluding diaryl/α,β-unsaturated/α-hetero) is 1. The quantitative estimate of drug-likeness (QED) is 0.109. The molecule has 4 aromatic carbocycles. The van der Waals surface area contributed by atoms with E-state index in [4.69, 9.17) is 4.42 Å². The van der Waals surface area contributed by atoms with Crippen LogP contribution in [0.25, 0.3) is 11.5 Å². The van der Waals surface area contributed by atoms with E-state index in [9.17, 15) is 45.5 Å². The topological polar surface area (TPSA) is 132 Å². The summed E-state index contributed by atoms with van der Waals surface area (Å²) >= 11 is 0. The zero-order chi connectivity index (χ0) is 46.7. The number of nitrogens with one attached hydrogen (secondary N) is 1. The van der Waals surface area contributed by atoms with Crippen molar-refractivity contribution in [2.75, 3.05) is 42.5 Å². The van der Waals surface area contributed by atoms with Gasteiger partial charge in [-0.3, -0.25) is 19.4 Å². The van der Waals surface area contributed by atoms with Crippen molar-refractivity contribution in [3.63, 3.8) is 0 Å². The first-order chi connectivity index (χ1) is 31.0. The molecule has 0 spiro atoms. The molecular formula is C47H49F6N7O5. The number of carbonyl (C=O) groups excluding carboxylic acids is 4. The lowest BCUT2D eigenvalue weighted by molar-refractivity contribution is -0.173. The number of urea groups is 2. The lowest BCUT2D eigenvalue weighted by Gasteiger charge is -2.33. The highest BCUT2D eigenvalue weighted by Crippen LogP contribution is 2.31. The molecule has 2 aliphatic heterocycles. The zero-order valence-electron chi connectivity index (χ0n) is 35.9. The molecule has 0 radical (unpaired) electrons. The molecule has 2 aliphatic rings. The maximum atomic E-state index is 13.3. The summed E-state index contributed by atoms with van der Waals surface area (Å²) in [5, 5.41) is 8.11. The molecule has 7 rings (SSSR count). The number of amides is 5. The first kappa shape index (κ1) is 47.8. The summed E-state index contributed by atoms with van der Waals surface area (Å²) in [5.41, 5.74) is 5.77. The summed E-state index contributed by atoms with van der Waals surface area (Å²) in [6.07, 6.45) is -3.57. The third-order valence-electron chi connectivity index (χ3n) is 10.8. The molecule has 0 saturated carbocycles. The lowest BCUT2D eigenvalue weighted by atomic mass is 10.1. The van der Waals surface area contributed by atoms with E-state index >= 15 is 0 Å². The summed E-state index contributed by atoms with van der Waals surface area (Å²) in [5.74, 6) is -4.38. The van der Waals surface area contributed by atoms with Crippen LogP contribution in [0.2, 0.25) is 0 Å². The van der Waals surface area contributed by atoms with E-state index < -0.39 is 36.5 Å². The van der Waals surface area contributed by atoms with Gasteiger partial charge in [0.2, 0.25) is 5.89 Å². The van der Waals surface area contributed by atoms with E-state index in [1.807, 2.05) is 72.2 Å². The van der Waals surface area contributed by atoms with Crippen molar-refractivity contribution in [2.45, 2.75) is 77.8 Å². The van der Waals surface area contributed by atoms with Crippen LogP contribution in [0, 0.1) is 13.8 Å². The molecule has 2 fully saturated rings. The molecule has 2 saturated heterocycles. The van der Waals surface area contributed by atoms with Crippen molar-refractivity contribution in [1.82, 2.24) is 25.3 Å². The number of aromatic nitrogens is 2. The maximum Gasteiger partial charge on any atom is 0.471 e. The maximum absolute atomic E-state index is 13.3. The molecular weight excluding hydrogens is 857 g/mol. The Morgan fingerprint density at radius 3 is 1.51 bits per heavy atom. The van der Waals surface area contributed by atoms with Crippen LogP contribution in [0.4, 0.5) is 47.3 Å². The molecule has 0 bridgehead atoms. The average Bonchev–Trinajstić information content (AvgIpc) is 3.81. The van der Waals surface area contributed by atoms with Gasteiger partial charge < -0.3 is 19.5 Å². The monoisotopic (exact) mass is 905 g/mol. The molecule has 65 heavy (non-hydrogen) atoms. The fourth-order valence-electron chi connectivity index (χ4n) is 7.37. The zero-order valence-corrected chi connectivity index (χ0v) is 35.9. The Labute approximate surface area is 372 Å². The minimum absolute atomic E-state index is 0.0499. The van der Waals surface area contributed by atoms with Crippen molar-refractivity contribution < 1.29 is 49.9 Å². The SMILES string of the molecule is Cc1cccc(N(Cc2ccc(-c3nnc(C(F)(F)F)o3)cc2)C(=O)N2CCCCC2)c1.Cc1cccc(N(Cc2ccc(C(=O)CNC(=O)C(F)(F)F)cc2)C(=O)N2CCCCC2)c1. The second kappa shape index (κ2) is 21.3. The van der Waals surface area contributed by atoms with Gasteiger partial charge in [-0.05, 0) is 111 Å². The van der Waals surface area contributed by atoms with Gasteiger partial charge in [-0.15, -0.1) is 10.2 Å². The Kier molecular flexibility index (Phi) is 15.7. The molecule has 0 atom stereocenters. The van der Waals surface area contributed by atoms with E-state index in [1.165, 1.54) is 12.1 Å². The summed E-state index contributed by atoms with van der Waals surface area (Å²) < 4.78 is 79.7. The van der Waals surface area contributed by atoms with Gasteiger partial charge in [0.05, 0.1) is 19.6 Å². The molecule has 0 unspecified atom stereocenters. The van der Waals surface area contributed by atoms with Crippen molar-refractivity contribution in [2.24, 2.45) is 0 Å². The number of benzene rings is 4. The molecule has 344 valence electrons. The van der Waals surface area contributed by atoms with Crippen LogP contribution in [-0.2, 0) is 24.1 Å². The normalized spacial score (nSPS) is 14.2. The molecule has 5 aromatic rings. The number of likely N-dealkylation sites (tertiary alicyclic amines) is 2. The van der Waals surface area contributed by atoms with E-state index in [-0.39, 0.29) is 30.1 Å². The Hall–Kier alpha value is -6.72. The first-order valence-corrected chi connectivity index (χ1v) is 21.2. The summed E-state index contributed by atoms with van der Waals surface area (Å²) in [6, 6.07) is 28.3. The van der Waals surface area contributed by atoms with Crippen LogP contribution in [0.15, 0.2) is 101 Å². The number of anilines is 2. The van der Waals surface area contributed by atoms with Crippen molar-refractivity contribution in [3.8, 4) is 11.5 Å². The second-order valence-corrected chi connectivity index (χ2v) is 15.9. The van der Waals surface area contributed by atoms with Gasteiger partial charge in [0.1, 0.15) is 0 Å². The van der Waals surface area contributed by atoms with E-state index in [0.29, 0.717) is 25.2 Å². The second-order valence-electron chi connectivity index (χ2n) is 15.9. The summed E-state index contributed by atoms with van der Waals surface area (Å²) in [7, 11) is 0. The Bertz CT molecular complexity index is 2410. The van der Waals surface area contributed by atoms with E-state index in [2.05, 4.69) is 10.2 Å². The van der Waals surface area contributed by atoms with Crippen molar-refractivity contribution in [1.29, 1.82) is 0 Å². The average molecular weight is 906 g/mol. The molecule has 18 heteroatoms. The number of ketones is 1. The number of halogens is 6. The smallest absolute Gasteiger partial charge is 0.413 e. The molecule has 3 heterocycles. The van der Waals surface area contributed by atoms with Gasteiger partial charge in [0.25, 0.3) is 0 Å². The van der Waals surface area contributed by atoms with Gasteiger partial charge in [0.15, 0.2) is 5.78 Å². The molecule has 1 N–H and O–H groups in total. The van der Waals surface area contributed by atoms with Crippen LogP contribution in [0.5, 0.6) is 0 Å². The standard InChI is InChI=1S/C24H26F3N3O3.C23H23F3N4O2/c1-17-6-5-7-20(14-17)30(23(33)29-12-3-2-4-13-29)16-18-8-10-19(11-9-18)21(31)15-28-22(32)24(25,26)27;1-16-6-5-7-19(14-16)30(22(31)29-12-3-2-4-13-29)15-17-8-10-18(11-9-17)20-27-28-21(32-20)23(24,25)26/h5-11,14H,2-4,12-13,15-16H2,1H3,(H,28,32);5-11,14H,2-4,12-13,15H2,1H3. The third kappa shape index (κ3) is 13.2. The highest BCUT2D eigenvalue weighted by molar-refractivity contribution is 6.00. The molecule has 1 aromatic heterocycles. The predicted molar refractivity (Wildman–Crippen MR) is 231 cm³/mol. The molecule has 5 amide bonds. The Balaban J connectivity index is 0.000000215. The van der Waals surface area contributed by atoms with Crippen molar-refractivity contribution >= 4 is 35.1 Å². The largest absolute Gasteiger partial charge is 0.471 e.